The van der Waals surface area contributed by atoms with E-state index in [1.807, 2.05) is 25.1 Å². The highest BCUT2D eigenvalue weighted by Gasteiger charge is 2.12. The van der Waals surface area contributed by atoms with Crippen LogP contribution in [0.5, 0.6) is 0 Å². The number of aromatic nitrogens is 4. The summed E-state index contributed by atoms with van der Waals surface area (Å²) in [5, 5.41) is 11.9. The predicted octanol–water partition coefficient (Wildman–Crippen LogP) is 2.56. The molecule has 0 spiro atoms. The van der Waals surface area contributed by atoms with Crippen molar-refractivity contribution in [2.75, 3.05) is 11.5 Å². The molecule has 0 aliphatic carbocycles. The fourth-order valence-electron chi connectivity index (χ4n) is 2.19. The molecule has 0 aliphatic heterocycles. The summed E-state index contributed by atoms with van der Waals surface area (Å²) in [7, 11) is 0. The Labute approximate surface area is 129 Å². The molecule has 1 aromatic heterocycles. The Morgan fingerprint density at radius 3 is 2.38 bits per heavy atom. The van der Waals surface area contributed by atoms with E-state index in [4.69, 9.17) is 11.5 Å². The molecule has 0 atom stereocenters. The molecule has 0 saturated carbocycles. The fraction of sp³-hybridized carbons (Fsp3) is 0.0714. The minimum Gasteiger partial charge on any atom is -0.399 e. The molecule has 0 bridgehead atoms. The highest BCUT2D eigenvalue weighted by Crippen LogP contribution is 2.26. The van der Waals surface area contributed by atoms with Crippen LogP contribution in [0.2, 0.25) is 0 Å². The second-order valence-electron chi connectivity index (χ2n) is 4.79. The first-order valence-electron chi connectivity index (χ1n) is 6.25. The van der Waals surface area contributed by atoms with Crippen LogP contribution >= 0.6 is 15.9 Å². The quantitative estimate of drug-likeness (QED) is 0.696. The maximum atomic E-state index is 5.84. The van der Waals surface area contributed by atoms with Gasteiger partial charge < -0.3 is 11.5 Å². The lowest BCUT2D eigenvalue weighted by atomic mass is 10.1. The summed E-state index contributed by atoms with van der Waals surface area (Å²) in [6, 6.07) is 11.3. The number of nitrogen functional groups attached to an aromatic ring is 2. The molecule has 0 fully saturated rings. The van der Waals surface area contributed by atoms with Gasteiger partial charge in [-0.05, 0) is 59.3 Å². The van der Waals surface area contributed by atoms with Gasteiger partial charge in [-0.15, -0.1) is 5.10 Å². The number of tetrazole rings is 1. The van der Waals surface area contributed by atoms with Crippen molar-refractivity contribution in [2.45, 2.75) is 6.92 Å². The van der Waals surface area contributed by atoms with E-state index in [0.29, 0.717) is 17.2 Å². The van der Waals surface area contributed by atoms with Crippen LogP contribution in [0.25, 0.3) is 17.1 Å². The molecule has 2 aromatic carbocycles. The van der Waals surface area contributed by atoms with Crippen LogP contribution in [0.3, 0.4) is 0 Å². The average Bonchev–Trinajstić information content (AvgIpc) is 2.85. The van der Waals surface area contributed by atoms with Crippen molar-refractivity contribution in [1.29, 1.82) is 0 Å². The first-order valence-corrected chi connectivity index (χ1v) is 7.04. The van der Waals surface area contributed by atoms with Gasteiger partial charge in [0.05, 0.1) is 5.69 Å². The molecule has 3 rings (SSSR count). The Balaban J connectivity index is 2.16. The molecule has 0 unspecified atom stereocenters. The fourth-order valence-corrected chi connectivity index (χ4v) is 2.78. The molecular weight excluding hydrogens is 332 g/mol. The molecule has 0 saturated heterocycles. The Hall–Kier alpha value is -2.41. The molecule has 0 radical (unpaired) electrons. The van der Waals surface area contributed by atoms with Gasteiger partial charge in [-0.3, -0.25) is 0 Å². The number of rotatable bonds is 2. The van der Waals surface area contributed by atoms with Crippen LogP contribution in [-0.4, -0.2) is 20.2 Å². The number of halogens is 1. The van der Waals surface area contributed by atoms with Crippen molar-refractivity contribution in [3.63, 3.8) is 0 Å². The highest BCUT2D eigenvalue weighted by atomic mass is 79.9. The van der Waals surface area contributed by atoms with Crippen molar-refractivity contribution in [2.24, 2.45) is 0 Å². The average molecular weight is 345 g/mol. The van der Waals surface area contributed by atoms with Gasteiger partial charge in [0.15, 0.2) is 5.82 Å². The van der Waals surface area contributed by atoms with Gasteiger partial charge in [-0.1, -0.05) is 15.9 Å². The molecule has 1 heterocycles. The summed E-state index contributed by atoms with van der Waals surface area (Å²) < 4.78 is 2.62. The zero-order valence-electron chi connectivity index (χ0n) is 11.3. The third-order valence-corrected chi connectivity index (χ3v) is 3.43. The van der Waals surface area contributed by atoms with Gasteiger partial charge >= 0.3 is 0 Å². The molecule has 3 aromatic rings. The molecule has 21 heavy (non-hydrogen) atoms. The van der Waals surface area contributed by atoms with Crippen molar-refractivity contribution in [3.05, 3.63) is 46.4 Å². The van der Waals surface area contributed by atoms with Crippen molar-refractivity contribution < 1.29 is 0 Å². The number of aryl methyl sites for hydroxylation is 1. The zero-order valence-corrected chi connectivity index (χ0v) is 12.9. The summed E-state index contributed by atoms with van der Waals surface area (Å²) in [6.45, 7) is 2.01. The van der Waals surface area contributed by atoms with Crippen molar-refractivity contribution >= 4 is 27.3 Å². The first-order chi connectivity index (χ1) is 10.0. The Morgan fingerprint density at radius 1 is 1.00 bits per heavy atom. The van der Waals surface area contributed by atoms with E-state index in [9.17, 15) is 0 Å². The lowest BCUT2D eigenvalue weighted by Gasteiger charge is -2.08. The summed E-state index contributed by atoms with van der Waals surface area (Å²) >= 11 is 3.48. The third-order valence-electron chi connectivity index (χ3n) is 2.98. The van der Waals surface area contributed by atoms with Crippen LogP contribution in [-0.2, 0) is 0 Å². The summed E-state index contributed by atoms with van der Waals surface area (Å²) in [4.78, 5) is 0. The number of hydrogen-bond donors (Lipinski definition) is 2. The minimum absolute atomic E-state index is 0.574. The van der Waals surface area contributed by atoms with Gasteiger partial charge in [0, 0.05) is 21.4 Å². The van der Waals surface area contributed by atoms with Crippen LogP contribution in [0.15, 0.2) is 40.9 Å². The predicted molar refractivity (Wildman–Crippen MR) is 85.9 cm³/mol. The van der Waals surface area contributed by atoms with Crippen molar-refractivity contribution in [3.8, 4) is 17.1 Å². The summed E-state index contributed by atoms with van der Waals surface area (Å²) in [5.74, 6) is 0.589. The van der Waals surface area contributed by atoms with E-state index in [2.05, 4.69) is 31.5 Å². The second kappa shape index (κ2) is 5.17. The van der Waals surface area contributed by atoms with E-state index in [0.717, 1.165) is 21.3 Å². The SMILES string of the molecule is Cc1cc(Br)cc(-n2nnnc2-c2cc(N)cc(N)c2)c1. The standard InChI is InChI=1S/C14H13BrN6/c1-8-2-10(15)6-13(3-8)21-14(18-19-20-21)9-4-11(16)7-12(17)5-9/h2-7H,16-17H2,1H3. The topological polar surface area (TPSA) is 95.6 Å². The van der Waals surface area contributed by atoms with E-state index >= 15 is 0 Å². The molecular formula is C14H13BrN6. The largest absolute Gasteiger partial charge is 0.399 e. The summed E-state index contributed by atoms with van der Waals surface area (Å²) in [6.07, 6.45) is 0. The monoisotopic (exact) mass is 344 g/mol. The van der Waals surface area contributed by atoms with Crippen LogP contribution in [0.1, 0.15) is 5.56 Å². The molecule has 0 amide bonds. The van der Waals surface area contributed by atoms with E-state index in [-0.39, 0.29) is 0 Å². The maximum Gasteiger partial charge on any atom is 0.187 e. The molecule has 0 aliphatic rings. The van der Waals surface area contributed by atoms with Crippen LogP contribution < -0.4 is 11.5 Å². The molecule has 7 heteroatoms. The Kier molecular flexibility index (Phi) is 3.34. The number of nitrogens with zero attached hydrogens (tertiary/aromatic N) is 4. The number of nitrogens with two attached hydrogens (primary N) is 2. The normalized spacial score (nSPS) is 10.8. The van der Waals surface area contributed by atoms with Gasteiger partial charge in [-0.25, -0.2) is 0 Å². The first kappa shape index (κ1) is 13.6. The van der Waals surface area contributed by atoms with Crippen molar-refractivity contribution in [1.82, 2.24) is 20.2 Å². The van der Waals surface area contributed by atoms with E-state index < -0.39 is 0 Å². The van der Waals surface area contributed by atoms with Gasteiger partial charge in [0.25, 0.3) is 0 Å². The third kappa shape index (κ3) is 2.73. The highest BCUT2D eigenvalue weighted by molar-refractivity contribution is 9.10. The van der Waals surface area contributed by atoms with Gasteiger partial charge in [0.1, 0.15) is 0 Å². The van der Waals surface area contributed by atoms with Gasteiger partial charge in [0.2, 0.25) is 0 Å². The minimum atomic E-state index is 0.574. The number of benzene rings is 2. The summed E-state index contributed by atoms with van der Waals surface area (Å²) in [5.41, 5.74) is 15.6. The maximum absolute atomic E-state index is 5.84. The lowest BCUT2D eigenvalue weighted by Crippen LogP contribution is -2.01. The molecule has 4 N–H and O–H groups in total. The smallest absolute Gasteiger partial charge is 0.187 e. The zero-order chi connectivity index (χ0) is 15.0. The molecule has 6 nitrogen and oxygen atoms in total. The lowest BCUT2D eigenvalue weighted by molar-refractivity contribution is 0.790. The van der Waals surface area contributed by atoms with Gasteiger partial charge in [-0.2, -0.15) is 4.68 Å². The second-order valence-corrected chi connectivity index (χ2v) is 5.71. The number of anilines is 2. The van der Waals surface area contributed by atoms with Crippen LogP contribution in [0.4, 0.5) is 11.4 Å². The Morgan fingerprint density at radius 2 is 1.71 bits per heavy atom. The van der Waals surface area contributed by atoms with E-state index in [1.165, 1.54) is 0 Å². The van der Waals surface area contributed by atoms with Crippen LogP contribution in [0, 0.1) is 6.92 Å². The number of hydrogen-bond acceptors (Lipinski definition) is 5. The van der Waals surface area contributed by atoms with E-state index in [1.54, 1.807) is 22.9 Å². The molecule has 106 valence electrons. The Bertz CT molecular complexity index is 704.